The van der Waals surface area contributed by atoms with E-state index in [2.05, 4.69) is 15.2 Å². The summed E-state index contributed by atoms with van der Waals surface area (Å²) in [4.78, 5) is 29.5. The number of aliphatic carboxylic acids is 1. The lowest BCUT2D eigenvalue weighted by atomic mass is 9.85. The molecule has 124 valence electrons. The van der Waals surface area contributed by atoms with Gasteiger partial charge in [0.15, 0.2) is 0 Å². The zero-order valence-corrected chi connectivity index (χ0v) is 13.4. The number of aromatic nitrogens is 1. The Labute approximate surface area is 135 Å². The molecule has 0 atom stereocenters. The second-order valence-corrected chi connectivity index (χ2v) is 6.70. The maximum Gasteiger partial charge on any atom is 0.317 e. The van der Waals surface area contributed by atoms with Gasteiger partial charge in [0, 0.05) is 30.5 Å². The fourth-order valence-corrected chi connectivity index (χ4v) is 3.14. The van der Waals surface area contributed by atoms with Gasteiger partial charge in [-0.25, -0.2) is 0 Å². The van der Waals surface area contributed by atoms with Gasteiger partial charge in [-0.05, 0) is 50.7 Å². The van der Waals surface area contributed by atoms with E-state index in [-0.39, 0.29) is 24.5 Å². The molecule has 3 rings (SSSR count). The Morgan fingerprint density at radius 2 is 2.13 bits per heavy atom. The molecular formula is C17H23N3O3. The van der Waals surface area contributed by atoms with Gasteiger partial charge in [-0.1, -0.05) is 0 Å². The predicted molar refractivity (Wildman–Crippen MR) is 85.2 cm³/mol. The molecule has 0 unspecified atom stereocenters. The van der Waals surface area contributed by atoms with Gasteiger partial charge < -0.3 is 10.4 Å². The highest BCUT2D eigenvalue weighted by atomic mass is 16.4. The number of hydrogen-bond donors (Lipinski definition) is 2. The van der Waals surface area contributed by atoms with E-state index < -0.39 is 5.97 Å². The summed E-state index contributed by atoms with van der Waals surface area (Å²) in [6, 6.07) is 3.93. The van der Waals surface area contributed by atoms with Crippen molar-refractivity contribution < 1.29 is 14.7 Å². The summed E-state index contributed by atoms with van der Waals surface area (Å²) in [7, 11) is 0. The predicted octanol–water partition coefficient (Wildman–Crippen LogP) is 1.45. The Kier molecular flexibility index (Phi) is 4.61. The first-order valence-corrected chi connectivity index (χ1v) is 8.21. The monoisotopic (exact) mass is 317 g/mol. The van der Waals surface area contributed by atoms with E-state index in [1.165, 1.54) is 12.8 Å². The SMILES string of the molecule is Cc1ncccc1C(=O)NC1CC(N(CC(=O)O)CC2CC2)C1. The van der Waals surface area contributed by atoms with Crippen molar-refractivity contribution in [1.29, 1.82) is 0 Å². The number of rotatable bonds is 7. The molecule has 0 saturated heterocycles. The molecule has 1 amide bonds. The van der Waals surface area contributed by atoms with Crippen LogP contribution in [0.2, 0.25) is 0 Å². The van der Waals surface area contributed by atoms with E-state index in [1.807, 2.05) is 6.92 Å². The topological polar surface area (TPSA) is 82.5 Å². The lowest BCUT2D eigenvalue weighted by molar-refractivity contribution is -0.139. The molecule has 0 radical (unpaired) electrons. The van der Waals surface area contributed by atoms with Crippen LogP contribution in [0.5, 0.6) is 0 Å². The van der Waals surface area contributed by atoms with Crippen LogP contribution in [-0.2, 0) is 4.79 Å². The van der Waals surface area contributed by atoms with Crippen molar-refractivity contribution in [3.8, 4) is 0 Å². The Morgan fingerprint density at radius 1 is 1.39 bits per heavy atom. The van der Waals surface area contributed by atoms with E-state index in [1.54, 1.807) is 18.3 Å². The number of nitrogens with one attached hydrogen (secondary N) is 1. The summed E-state index contributed by atoms with van der Waals surface area (Å²) < 4.78 is 0. The highest BCUT2D eigenvalue weighted by Crippen LogP contribution is 2.33. The highest BCUT2D eigenvalue weighted by molar-refractivity contribution is 5.95. The first-order chi connectivity index (χ1) is 11.0. The molecule has 2 aliphatic rings. The molecule has 0 bridgehead atoms. The second-order valence-electron chi connectivity index (χ2n) is 6.70. The number of carbonyl (C=O) groups excluding carboxylic acids is 1. The lowest BCUT2D eigenvalue weighted by Crippen LogP contribution is -2.55. The minimum Gasteiger partial charge on any atom is -0.480 e. The van der Waals surface area contributed by atoms with Gasteiger partial charge in [-0.2, -0.15) is 0 Å². The van der Waals surface area contributed by atoms with Crippen LogP contribution in [0.15, 0.2) is 18.3 Å². The number of carboxylic acid groups (broad SMARTS) is 1. The molecule has 1 aromatic rings. The fourth-order valence-electron chi connectivity index (χ4n) is 3.14. The van der Waals surface area contributed by atoms with Gasteiger partial charge >= 0.3 is 5.97 Å². The van der Waals surface area contributed by atoms with E-state index in [0.717, 1.165) is 25.1 Å². The standard InChI is InChI=1S/C17H23N3O3/c1-11-15(3-2-6-18-11)17(23)19-13-7-14(8-13)20(10-16(21)22)9-12-4-5-12/h2-3,6,12-14H,4-5,7-10H2,1H3,(H,19,23)(H,21,22). The Balaban J connectivity index is 1.50. The second kappa shape index (κ2) is 6.66. The summed E-state index contributed by atoms with van der Waals surface area (Å²) in [5.41, 5.74) is 1.33. The van der Waals surface area contributed by atoms with Crippen molar-refractivity contribution >= 4 is 11.9 Å². The fraction of sp³-hybridized carbons (Fsp3) is 0.588. The molecular weight excluding hydrogens is 294 g/mol. The summed E-state index contributed by atoms with van der Waals surface area (Å²) >= 11 is 0. The Morgan fingerprint density at radius 3 is 2.74 bits per heavy atom. The zero-order valence-electron chi connectivity index (χ0n) is 13.4. The van der Waals surface area contributed by atoms with Gasteiger partial charge in [0.2, 0.25) is 0 Å². The molecule has 0 spiro atoms. The van der Waals surface area contributed by atoms with E-state index >= 15 is 0 Å². The van der Waals surface area contributed by atoms with E-state index in [4.69, 9.17) is 5.11 Å². The quantitative estimate of drug-likeness (QED) is 0.795. The molecule has 2 saturated carbocycles. The number of pyridine rings is 1. The van der Waals surface area contributed by atoms with Crippen LogP contribution in [0.4, 0.5) is 0 Å². The van der Waals surface area contributed by atoms with Gasteiger partial charge in [0.1, 0.15) is 0 Å². The smallest absolute Gasteiger partial charge is 0.317 e. The normalized spacial score (nSPS) is 23.4. The molecule has 1 heterocycles. The van der Waals surface area contributed by atoms with Crippen molar-refractivity contribution in [1.82, 2.24) is 15.2 Å². The van der Waals surface area contributed by atoms with Crippen LogP contribution in [0.1, 0.15) is 41.7 Å². The third-order valence-electron chi connectivity index (χ3n) is 4.74. The first kappa shape index (κ1) is 15.9. The minimum atomic E-state index is -0.774. The molecule has 23 heavy (non-hydrogen) atoms. The van der Waals surface area contributed by atoms with Crippen molar-refractivity contribution in [2.24, 2.45) is 5.92 Å². The van der Waals surface area contributed by atoms with Crippen molar-refractivity contribution in [2.75, 3.05) is 13.1 Å². The minimum absolute atomic E-state index is 0.0916. The largest absolute Gasteiger partial charge is 0.480 e. The molecule has 2 aliphatic carbocycles. The van der Waals surface area contributed by atoms with Crippen LogP contribution in [-0.4, -0.2) is 52.0 Å². The first-order valence-electron chi connectivity index (χ1n) is 8.21. The maximum absolute atomic E-state index is 12.3. The Hall–Kier alpha value is -1.95. The van der Waals surface area contributed by atoms with Crippen molar-refractivity contribution in [3.05, 3.63) is 29.6 Å². The van der Waals surface area contributed by atoms with Crippen LogP contribution in [0.3, 0.4) is 0 Å². The van der Waals surface area contributed by atoms with Crippen LogP contribution in [0, 0.1) is 12.8 Å². The Bertz CT molecular complexity index is 595. The number of hydrogen-bond acceptors (Lipinski definition) is 4. The van der Waals surface area contributed by atoms with E-state index in [9.17, 15) is 9.59 Å². The number of nitrogens with zero attached hydrogens (tertiary/aromatic N) is 2. The molecule has 0 aromatic carbocycles. The highest BCUT2D eigenvalue weighted by Gasteiger charge is 2.37. The summed E-state index contributed by atoms with van der Waals surface area (Å²) in [5, 5.41) is 12.1. The average molecular weight is 317 g/mol. The third kappa shape index (κ3) is 4.07. The summed E-state index contributed by atoms with van der Waals surface area (Å²) in [6.07, 6.45) is 5.75. The number of amides is 1. The summed E-state index contributed by atoms with van der Waals surface area (Å²) in [6.45, 7) is 2.80. The van der Waals surface area contributed by atoms with Gasteiger partial charge in [-0.15, -0.1) is 0 Å². The number of carbonyl (C=O) groups is 2. The zero-order chi connectivity index (χ0) is 16.4. The average Bonchev–Trinajstić information content (AvgIpc) is 3.25. The van der Waals surface area contributed by atoms with Crippen molar-refractivity contribution in [2.45, 2.75) is 44.7 Å². The molecule has 0 aliphatic heterocycles. The number of aryl methyl sites for hydroxylation is 1. The van der Waals surface area contributed by atoms with Gasteiger partial charge in [0.05, 0.1) is 12.1 Å². The molecule has 2 N–H and O–H groups in total. The molecule has 6 heteroatoms. The number of carboxylic acids is 1. The molecule has 1 aromatic heterocycles. The third-order valence-corrected chi connectivity index (χ3v) is 4.74. The van der Waals surface area contributed by atoms with Crippen molar-refractivity contribution in [3.63, 3.8) is 0 Å². The lowest BCUT2D eigenvalue weighted by Gasteiger charge is -2.42. The summed E-state index contributed by atoms with van der Waals surface area (Å²) in [5.74, 6) is -0.198. The van der Waals surface area contributed by atoms with Crippen LogP contribution in [0.25, 0.3) is 0 Å². The van der Waals surface area contributed by atoms with Crippen LogP contribution < -0.4 is 5.32 Å². The maximum atomic E-state index is 12.3. The molecule has 6 nitrogen and oxygen atoms in total. The van der Waals surface area contributed by atoms with Gasteiger partial charge in [0.25, 0.3) is 5.91 Å². The molecule has 2 fully saturated rings. The van der Waals surface area contributed by atoms with E-state index in [0.29, 0.717) is 11.5 Å². The van der Waals surface area contributed by atoms with Gasteiger partial charge in [-0.3, -0.25) is 19.5 Å². The van der Waals surface area contributed by atoms with Crippen LogP contribution >= 0.6 is 0 Å².